The van der Waals surface area contributed by atoms with Crippen LogP contribution in [-0.4, -0.2) is 33.0 Å². The van der Waals surface area contributed by atoms with Gasteiger partial charge < -0.3 is 10.2 Å². The highest BCUT2D eigenvalue weighted by atomic mass is 19.4. The van der Waals surface area contributed by atoms with Gasteiger partial charge in [-0.25, -0.2) is 4.68 Å². The van der Waals surface area contributed by atoms with E-state index in [1.807, 2.05) is 6.92 Å². The number of alkyl halides is 3. The van der Waals surface area contributed by atoms with Gasteiger partial charge in [0.05, 0.1) is 17.4 Å². The van der Waals surface area contributed by atoms with Gasteiger partial charge in [-0.3, -0.25) is 9.59 Å². The summed E-state index contributed by atoms with van der Waals surface area (Å²) in [6.45, 7) is 2.88. The van der Waals surface area contributed by atoms with Gasteiger partial charge in [-0.1, -0.05) is 29.8 Å². The standard InChI is InChI=1S/C23H21F3N4O2/c1-15-7-9-18(10-8-15)30-21(23(24,25)26)19(13-27-30)22(32)28-17-5-2-4-16(12-17)14-29-11-3-6-20(29)31/h2,4-5,7-10,12-13H,3,6,11,14H2,1H3,(H,28,32). The van der Waals surface area contributed by atoms with Crippen molar-refractivity contribution in [1.82, 2.24) is 14.7 Å². The minimum absolute atomic E-state index is 0.0674. The lowest BCUT2D eigenvalue weighted by Gasteiger charge is -2.16. The molecule has 0 bridgehead atoms. The number of hydrogen-bond acceptors (Lipinski definition) is 3. The summed E-state index contributed by atoms with van der Waals surface area (Å²) in [6.07, 6.45) is -2.54. The maximum Gasteiger partial charge on any atom is 0.434 e. The Balaban J connectivity index is 1.59. The van der Waals surface area contributed by atoms with Crippen molar-refractivity contribution in [1.29, 1.82) is 0 Å². The highest BCUT2D eigenvalue weighted by Crippen LogP contribution is 2.34. The van der Waals surface area contributed by atoms with E-state index in [1.165, 1.54) is 12.1 Å². The molecule has 0 atom stereocenters. The van der Waals surface area contributed by atoms with Crippen molar-refractivity contribution < 1.29 is 22.8 Å². The maximum atomic E-state index is 13.9. The third-order valence-corrected chi connectivity index (χ3v) is 5.29. The van der Waals surface area contributed by atoms with Crippen molar-refractivity contribution in [2.45, 2.75) is 32.5 Å². The first-order valence-electron chi connectivity index (χ1n) is 10.1. The molecule has 1 fully saturated rings. The molecule has 0 saturated carbocycles. The normalized spacial score (nSPS) is 14.1. The van der Waals surface area contributed by atoms with E-state index in [-0.39, 0.29) is 11.6 Å². The molecular weight excluding hydrogens is 421 g/mol. The molecule has 0 spiro atoms. The van der Waals surface area contributed by atoms with Crippen molar-refractivity contribution >= 4 is 17.5 Å². The van der Waals surface area contributed by atoms with Gasteiger partial charge >= 0.3 is 6.18 Å². The first kappa shape index (κ1) is 21.6. The monoisotopic (exact) mass is 442 g/mol. The molecule has 1 aromatic heterocycles. The van der Waals surface area contributed by atoms with E-state index in [2.05, 4.69) is 10.4 Å². The number of benzene rings is 2. The molecule has 9 heteroatoms. The Morgan fingerprint density at radius 3 is 2.56 bits per heavy atom. The van der Waals surface area contributed by atoms with Gasteiger partial charge in [0.1, 0.15) is 0 Å². The molecule has 2 aromatic carbocycles. The van der Waals surface area contributed by atoms with Crippen LogP contribution in [0.2, 0.25) is 0 Å². The molecular formula is C23H21F3N4O2. The van der Waals surface area contributed by atoms with Gasteiger partial charge in [-0.15, -0.1) is 0 Å². The summed E-state index contributed by atoms with van der Waals surface area (Å²) in [7, 11) is 0. The molecule has 1 N–H and O–H groups in total. The number of amides is 2. The van der Waals surface area contributed by atoms with Crippen LogP contribution in [0.15, 0.2) is 54.7 Å². The number of nitrogens with zero attached hydrogens (tertiary/aromatic N) is 3. The van der Waals surface area contributed by atoms with E-state index < -0.39 is 23.3 Å². The Kier molecular flexibility index (Phi) is 5.73. The van der Waals surface area contributed by atoms with Crippen LogP contribution in [0.5, 0.6) is 0 Å². The summed E-state index contributed by atoms with van der Waals surface area (Å²) in [5.74, 6) is -0.845. The van der Waals surface area contributed by atoms with Crippen LogP contribution in [0, 0.1) is 6.92 Å². The van der Waals surface area contributed by atoms with Crippen LogP contribution in [-0.2, 0) is 17.5 Å². The zero-order valence-electron chi connectivity index (χ0n) is 17.3. The number of rotatable bonds is 5. The summed E-state index contributed by atoms with van der Waals surface area (Å²) in [6, 6.07) is 13.1. The van der Waals surface area contributed by atoms with Crippen molar-refractivity contribution in [2.75, 3.05) is 11.9 Å². The zero-order valence-corrected chi connectivity index (χ0v) is 17.3. The zero-order chi connectivity index (χ0) is 22.9. The number of likely N-dealkylation sites (tertiary alicyclic amines) is 1. The van der Waals surface area contributed by atoms with Crippen LogP contribution in [0.25, 0.3) is 5.69 Å². The van der Waals surface area contributed by atoms with Crippen LogP contribution in [0.3, 0.4) is 0 Å². The lowest BCUT2D eigenvalue weighted by molar-refractivity contribution is -0.143. The van der Waals surface area contributed by atoms with E-state index in [1.54, 1.807) is 41.3 Å². The van der Waals surface area contributed by atoms with E-state index in [0.29, 0.717) is 25.2 Å². The average molecular weight is 442 g/mol. The number of nitrogens with one attached hydrogen (secondary N) is 1. The molecule has 4 rings (SSSR count). The van der Waals surface area contributed by atoms with Gasteiger partial charge in [-0.05, 0) is 43.2 Å². The Hall–Kier alpha value is -3.62. The number of halogens is 3. The molecule has 0 aliphatic carbocycles. The summed E-state index contributed by atoms with van der Waals surface area (Å²) >= 11 is 0. The minimum atomic E-state index is -4.79. The number of aromatic nitrogens is 2. The lowest BCUT2D eigenvalue weighted by atomic mass is 10.1. The molecule has 2 amide bonds. The van der Waals surface area contributed by atoms with E-state index in [4.69, 9.17) is 0 Å². The number of anilines is 1. The van der Waals surface area contributed by atoms with Crippen molar-refractivity contribution in [3.05, 3.63) is 77.1 Å². The number of aryl methyl sites for hydroxylation is 1. The lowest BCUT2D eigenvalue weighted by Crippen LogP contribution is -2.24. The molecule has 0 unspecified atom stereocenters. The van der Waals surface area contributed by atoms with Crippen molar-refractivity contribution in [3.63, 3.8) is 0 Å². The van der Waals surface area contributed by atoms with Crippen LogP contribution in [0.1, 0.15) is 40.0 Å². The quantitative estimate of drug-likeness (QED) is 0.629. The molecule has 1 saturated heterocycles. The molecule has 3 aromatic rings. The molecule has 2 heterocycles. The van der Waals surface area contributed by atoms with Gasteiger partial charge in [0.25, 0.3) is 5.91 Å². The second kappa shape index (κ2) is 8.49. The highest BCUT2D eigenvalue weighted by Gasteiger charge is 2.40. The number of hydrogen-bond donors (Lipinski definition) is 1. The molecule has 0 radical (unpaired) electrons. The first-order chi connectivity index (χ1) is 15.2. The SMILES string of the molecule is Cc1ccc(-n2ncc(C(=O)Nc3cccc(CN4CCCC4=O)c3)c2C(F)(F)F)cc1. The van der Waals surface area contributed by atoms with Crippen LogP contribution >= 0.6 is 0 Å². The van der Waals surface area contributed by atoms with Gasteiger partial charge in [-0.2, -0.15) is 18.3 Å². The van der Waals surface area contributed by atoms with Crippen LogP contribution < -0.4 is 5.32 Å². The summed E-state index contributed by atoms with van der Waals surface area (Å²) in [5.41, 5.74) is 0.512. The highest BCUT2D eigenvalue weighted by molar-refractivity contribution is 6.05. The fourth-order valence-electron chi connectivity index (χ4n) is 3.71. The Bertz CT molecular complexity index is 1150. The second-order valence-corrected chi connectivity index (χ2v) is 7.73. The topological polar surface area (TPSA) is 67.2 Å². The minimum Gasteiger partial charge on any atom is -0.338 e. The van der Waals surface area contributed by atoms with E-state index >= 15 is 0 Å². The predicted octanol–water partition coefficient (Wildman–Crippen LogP) is 4.57. The van der Waals surface area contributed by atoms with Crippen molar-refractivity contribution in [2.24, 2.45) is 0 Å². The van der Waals surface area contributed by atoms with Crippen LogP contribution in [0.4, 0.5) is 18.9 Å². The average Bonchev–Trinajstić information content (AvgIpc) is 3.36. The van der Waals surface area contributed by atoms with E-state index in [0.717, 1.165) is 28.4 Å². The maximum absolute atomic E-state index is 13.9. The number of carbonyl (C=O) groups excluding carboxylic acids is 2. The van der Waals surface area contributed by atoms with E-state index in [9.17, 15) is 22.8 Å². The van der Waals surface area contributed by atoms with Gasteiger partial charge in [0.2, 0.25) is 5.91 Å². The van der Waals surface area contributed by atoms with Gasteiger partial charge in [0, 0.05) is 25.2 Å². The fraction of sp³-hybridized carbons (Fsp3) is 0.261. The summed E-state index contributed by atoms with van der Waals surface area (Å²) < 4.78 is 42.3. The molecule has 1 aliphatic rings. The molecule has 166 valence electrons. The smallest absolute Gasteiger partial charge is 0.338 e. The largest absolute Gasteiger partial charge is 0.434 e. The Morgan fingerprint density at radius 2 is 1.91 bits per heavy atom. The summed E-state index contributed by atoms with van der Waals surface area (Å²) in [5, 5.41) is 6.36. The van der Waals surface area contributed by atoms with Gasteiger partial charge in [0.15, 0.2) is 5.69 Å². The molecule has 32 heavy (non-hydrogen) atoms. The predicted molar refractivity (Wildman–Crippen MR) is 112 cm³/mol. The third-order valence-electron chi connectivity index (χ3n) is 5.29. The third kappa shape index (κ3) is 4.51. The summed E-state index contributed by atoms with van der Waals surface area (Å²) in [4.78, 5) is 26.3. The number of carbonyl (C=O) groups is 2. The van der Waals surface area contributed by atoms with Crippen molar-refractivity contribution in [3.8, 4) is 5.69 Å². The second-order valence-electron chi connectivity index (χ2n) is 7.73. The fourth-order valence-corrected chi connectivity index (χ4v) is 3.71. The molecule has 1 aliphatic heterocycles. The Morgan fingerprint density at radius 1 is 1.16 bits per heavy atom. The molecule has 6 nitrogen and oxygen atoms in total. The Labute approximate surface area is 182 Å². The first-order valence-corrected chi connectivity index (χ1v) is 10.1.